The maximum absolute atomic E-state index is 12.7. The first kappa shape index (κ1) is 31.2. The zero-order valence-corrected chi connectivity index (χ0v) is 19.1. The molecule has 0 aromatic carbocycles. The van der Waals surface area contributed by atoms with Gasteiger partial charge in [-0.05, 0) is 32.1 Å². The van der Waals surface area contributed by atoms with Crippen molar-refractivity contribution in [1.82, 2.24) is 0 Å². The summed E-state index contributed by atoms with van der Waals surface area (Å²) in [5.74, 6) is -0.623. The average molecular weight is 454 g/mol. The molecule has 0 spiro atoms. The number of alkyl halides is 6. The molecule has 0 rings (SSSR count). The molecule has 4 nitrogen and oxygen atoms in total. The lowest BCUT2D eigenvalue weighted by Gasteiger charge is -2.37. The van der Waals surface area contributed by atoms with Crippen LogP contribution in [0.15, 0.2) is 0 Å². The number of rotatable bonds is 9. The molecule has 0 radical (unpaired) electrons. The van der Waals surface area contributed by atoms with Gasteiger partial charge in [-0.1, -0.05) is 41.5 Å². The molecule has 0 fully saturated rings. The minimum atomic E-state index is -5.90. The van der Waals surface area contributed by atoms with Gasteiger partial charge in [0.05, 0.1) is 24.7 Å². The molecule has 10 heteroatoms. The third kappa shape index (κ3) is 8.99. The van der Waals surface area contributed by atoms with Gasteiger partial charge in [-0.3, -0.25) is 4.79 Å². The Bertz CT molecular complexity index is 495. The molecule has 0 aliphatic carbocycles. The third-order valence-electron chi connectivity index (χ3n) is 4.25. The first-order chi connectivity index (χ1) is 13.3. The van der Waals surface area contributed by atoms with Crippen molar-refractivity contribution >= 4 is 5.97 Å². The monoisotopic (exact) mass is 454 g/mol. The Hall–Kier alpha value is -1.03. The Morgan fingerprint density at radius 2 is 1.40 bits per heavy atom. The van der Waals surface area contributed by atoms with Crippen molar-refractivity contribution in [3.8, 4) is 0 Å². The van der Waals surface area contributed by atoms with Crippen LogP contribution in [0.3, 0.4) is 0 Å². The molecule has 0 amide bonds. The maximum Gasteiger partial charge on any atom is 0.426 e. The van der Waals surface area contributed by atoms with Crippen LogP contribution in [-0.4, -0.2) is 48.3 Å². The number of halogens is 6. The van der Waals surface area contributed by atoms with Crippen molar-refractivity contribution < 1.29 is 45.7 Å². The molecule has 0 aromatic heterocycles. The summed E-state index contributed by atoms with van der Waals surface area (Å²) in [4.78, 5) is 12.6. The number of ether oxygens (including phenoxy) is 2. The van der Waals surface area contributed by atoms with Gasteiger partial charge in [0.2, 0.25) is 0 Å². The second kappa shape index (κ2) is 11.5. The molecule has 1 atom stereocenters. The van der Waals surface area contributed by atoms with E-state index in [0.29, 0.717) is 0 Å². The van der Waals surface area contributed by atoms with Crippen LogP contribution >= 0.6 is 0 Å². The summed E-state index contributed by atoms with van der Waals surface area (Å²) in [5, 5.41) is 9.16. The minimum absolute atomic E-state index is 0.221. The Kier molecular flexibility index (Phi) is 12.0. The largest absolute Gasteiger partial charge is 0.462 e. The van der Waals surface area contributed by atoms with E-state index in [1.54, 1.807) is 20.8 Å². The second-order valence-corrected chi connectivity index (χ2v) is 8.48. The summed E-state index contributed by atoms with van der Waals surface area (Å²) >= 11 is 0. The van der Waals surface area contributed by atoms with Crippen molar-refractivity contribution in [2.75, 3.05) is 13.2 Å². The summed E-state index contributed by atoms with van der Waals surface area (Å²) in [6.45, 7) is 13.0. The average Bonchev–Trinajstić information content (AvgIpc) is 2.55. The predicted molar refractivity (Wildman–Crippen MR) is 102 cm³/mol. The fourth-order valence-corrected chi connectivity index (χ4v) is 2.84. The minimum Gasteiger partial charge on any atom is -0.462 e. The van der Waals surface area contributed by atoms with E-state index in [1.807, 2.05) is 34.6 Å². The van der Waals surface area contributed by atoms with Gasteiger partial charge in [0, 0.05) is 6.42 Å². The molecule has 0 saturated carbocycles. The second-order valence-electron chi connectivity index (χ2n) is 8.48. The molecule has 0 bridgehead atoms. The highest BCUT2D eigenvalue weighted by molar-refractivity contribution is 5.77. The summed E-state index contributed by atoms with van der Waals surface area (Å²) < 4.78 is 86.6. The fourth-order valence-electron chi connectivity index (χ4n) is 2.84. The number of hydrogen-bond acceptors (Lipinski definition) is 4. The summed E-state index contributed by atoms with van der Waals surface area (Å²) in [7, 11) is 0. The topological polar surface area (TPSA) is 55.8 Å². The van der Waals surface area contributed by atoms with E-state index < -0.39 is 55.1 Å². The Morgan fingerprint density at radius 3 is 1.70 bits per heavy atom. The number of hydrogen-bond donors (Lipinski definition) is 1. The van der Waals surface area contributed by atoms with Gasteiger partial charge in [-0.2, -0.15) is 26.3 Å². The Labute approximate surface area is 175 Å². The van der Waals surface area contributed by atoms with Crippen molar-refractivity contribution in [1.29, 1.82) is 0 Å². The number of aliphatic hydroxyl groups is 1. The highest BCUT2D eigenvalue weighted by atomic mass is 19.4. The van der Waals surface area contributed by atoms with Crippen molar-refractivity contribution in [2.24, 2.45) is 10.8 Å². The van der Waals surface area contributed by atoms with Gasteiger partial charge in [-0.25, -0.2) is 0 Å². The van der Waals surface area contributed by atoms with E-state index in [0.717, 1.165) is 0 Å². The van der Waals surface area contributed by atoms with E-state index in [9.17, 15) is 31.1 Å². The van der Waals surface area contributed by atoms with Crippen LogP contribution < -0.4 is 0 Å². The zero-order valence-electron chi connectivity index (χ0n) is 19.1. The van der Waals surface area contributed by atoms with Gasteiger partial charge in [0.1, 0.15) is 0 Å². The van der Waals surface area contributed by atoms with Gasteiger partial charge in [0.15, 0.2) is 0 Å². The van der Waals surface area contributed by atoms with Gasteiger partial charge >= 0.3 is 18.3 Å². The summed E-state index contributed by atoms with van der Waals surface area (Å²) in [6.07, 6.45) is -13.5. The van der Waals surface area contributed by atoms with E-state index in [4.69, 9.17) is 14.6 Å². The third-order valence-corrected chi connectivity index (χ3v) is 4.25. The molecule has 0 aromatic rings. The first-order valence-electron chi connectivity index (χ1n) is 9.96. The molecule has 0 heterocycles. The van der Waals surface area contributed by atoms with Crippen LogP contribution in [-0.2, 0) is 14.3 Å². The Morgan fingerprint density at radius 1 is 0.967 bits per heavy atom. The van der Waals surface area contributed by atoms with Crippen LogP contribution in [0, 0.1) is 10.8 Å². The normalized spacial score (nSPS) is 15.3. The molecule has 182 valence electrons. The lowest BCUT2D eigenvalue weighted by molar-refractivity contribution is -0.371. The summed E-state index contributed by atoms with van der Waals surface area (Å²) in [6, 6.07) is 0. The van der Waals surface area contributed by atoms with Crippen LogP contribution in [0.5, 0.6) is 0 Å². The van der Waals surface area contributed by atoms with Crippen molar-refractivity contribution in [2.45, 2.75) is 98.7 Å². The van der Waals surface area contributed by atoms with Gasteiger partial charge < -0.3 is 14.6 Å². The SMILES string of the molecule is CC.CCC(COCCC(O)(C(F)(F)F)C(F)(F)F)(CC(C)(C)C)C(=O)OC(C)C. The lowest BCUT2D eigenvalue weighted by Crippen LogP contribution is -2.57. The van der Waals surface area contributed by atoms with Gasteiger partial charge in [0.25, 0.3) is 5.60 Å². The molecular formula is C20H36F6O4. The summed E-state index contributed by atoms with van der Waals surface area (Å²) in [5.41, 5.74) is -6.48. The molecular weight excluding hydrogens is 418 g/mol. The van der Waals surface area contributed by atoms with E-state index in [-0.39, 0.29) is 18.3 Å². The highest BCUT2D eigenvalue weighted by Crippen LogP contribution is 2.45. The zero-order chi connectivity index (χ0) is 24.6. The van der Waals surface area contributed by atoms with Crippen LogP contribution in [0.1, 0.15) is 74.7 Å². The fraction of sp³-hybridized carbons (Fsp3) is 0.950. The number of esters is 1. The van der Waals surface area contributed by atoms with Crippen LogP contribution in [0.4, 0.5) is 26.3 Å². The van der Waals surface area contributed by atoms with E-state index in [2.05, 4.69) is 0 Å². The standard InChI is InChI=1S/C18H30F6O4.C2H6/c1-7-15(10-14(4,5)6,13(25)28-12(2)3)11-27-9-8-16(26,17(19,20)21)18(22,23)24;1-2/h12,26H,7-11H2,1-6H3;1-2H3. The van der Waals surface area contributed by atoms with E-state index in [1.165, 1.54) is 0 Å². The molecule has 30 heavy (non-hydrogen) atoms. The predicted octanol–water partition coefficient (Wildman–Crippen LogP) is 6.06. The van der Waals surface area contributed by atoms with Gasteiger partial charge in [-0.15, -0.1) is 0 Å². The number of carbonyl (C=O) groups is 1. The molecule has 0 aliphatic rings. The van der Waals surface area contributed by atoms with Crippen LogP contribution in [0.25, 0.3) is 0 Å². The smallest absolute Gasteiger partial charge is 0.426 e. The highest BCUT2D eigenvalue weighted by Gasteiger charge is 2.69. The van der Waals surface area contributed by atoms with Crippen LogP contribution in [0.2, 0.25) is 0 Å². The lowest BCUT2D eigenvalue weighted by atomic mass is 9.72. The Balaban J connectivity index is 0. The molecule has 0 aliphatic heterocycles. The van der Waals surface area contributed by atoms with E-state index >= 15 is 0 Å². The quantitative estimate of drug-likeness (QED) is 0.261. The molecule has 1 unspecified atom stereocenters. The van der Waals surface area contributed by atoms with Crippen molar-refractivity contribution in [3.05, 3.63) is 0 Å². The number of carbonyl (C=O) groups excluding carboxylic acids is 1. The first-order valence-corrected chi connectivity index (χ1v) is 9.96. The molecule has 1 N–H and O–H groups in total. The maximum atomic E-state index is 12.7. The van der Waals surface area contributed by atoms with Crippen molar-refractivity contribution in [3.63, 3.8) is 0 Å². The molecule has 0 saturated heterocycles.